The maximum absolute atomic E-state index is 4.60. The van der Waals surface area contributed by atoms with E-state index in [1.54, 1.807) is 0 Å². The van der Waals surface area contributed by atoms with Crippen LogP contribution in [0.5, 0.6) is 0 Å². The molecule has 0 spiro atoms. The molecule has 0 radical (unpaired) electrons. The van der Waals surface area contributed by atoms with Gasteiger partial charge in [0.2, 0.25) is 0 Å². The Bertz CT molecular complexity index is 356. The summed E-state index contributed by atoms with van der Waals surface area (Å²) < 4.78 is 2.82. The number of hydrogen-bond acceptors (Lipinski definition) is 1. The second-order valence-electron chi connectivity index (χ2n) is 3.17. The van der Waals surface area contributed by atoms with E-state index >= 15 is 0 Å². The van der Waals surface area contributed by atoms with Crippen molar-refractivity contribution in [1.82, 2.24) is 4.98 Å². The van der Waals surface area contributed by atoms with E-state index in [9.17, 15) is 0 Å². The van der Waals surface area contributed by atoms with Crippen LogP contribution < -0.4 is 0 Å². The molecule has 0 amide bonds. The first-order valence-electron chi connectivity index (χ1n) is 4.13. The van der Waals surface area contributed by atoms with Gasteiger partial charge in [-0.15, -0.1) is 0 Å². The van der Waals surface area contributed by atoms with E-state index in [4.69, 9.17) is 0 Å². The van der Waals surface area contributed by atoms with Crippen LogP contribution in [0.3, 0.4) is 0 Å². The van der Waals surface area contributed by atoms with Gasteiger partial charge in [-0.1, -0.05) is 0 Å². The van der Waals surface area contributed by atoms with E-state index in [1.807, 2.05) is 0 Å². The summed E-state index contributed by atoms with van der Waals surface area (Å²) in [7, 11) is 0. The molecule has 1 aromatic carbocycles. The summed E-state index contributed by atoms with van der Waals surface area (Å²) in [5, 5.41) is 0. The van der Waals surface area contributed by atoms with Gasteiger partial charge in [0.25, 0.3) is 0 Å². The topological polar surface area (TPSA) is 12.9 Å². The molecule has 0 aliphatic rings. The molecule has 0 unspecified atom stereocenters. The third-order valence-electron chi connectivity index (χ3n) is 1.80. The van der Waals surface area contributed by atoms with E-state index in [0.29, 0.717) is 20.4 Å². The molecule has 2 heteroatoms. The van der Waals surface area contributed by atoms with Crippen molar-refractivity contribution in [2.75, 3.05) is 0 Å². The quantitative estimate of drug-likeness (QED) is 0.678. The van der Waals surface area contributed by atoms with Gasteiger partial charge in [-0.25, -0.2) is 0 Å². The average molecular weight is 224 g/mol. The van der Waals surface area contributed by atoms with E-state index < -0.39 is 0 Å². The SMILES string of the molecule is CC(C)c1nc2ccccc2[se]1. The molecular weight excluding hydrogens is 213 g/mol. The standard InChI is InChI=1S/C10H11NSe/c1-7(2)10-11-8-5-3-4-6-9(8)12-10/h3-7H,1-2H3. The summed E-state index contributed by atoms with van der Waals surface area (Å²) in [6, 6.07) is 8.45. The van der Waals surface area contributed by atoms with Crippen LogP contribution in [-0.2, 0) is 0 Å². The van der Waals surface area contributed by atoms with Gasteiger partial charge in [0.15, 0.2) is 0 Å². The average Bonchev–Trinajstić information content (AvgIpc) is 2.46. The van der Waals surface area contributed by atoms with Crippen LogP contribution in [0.15, 0.2) is 24.3 Å². The summed E-state index contributed by atoms with van der Waals surface area (Å²) in [4.78, 5) is 4.60. The Hall–Kier alpha value is -0.591. The molecule has 12 heavy (non-hydrogen) atoms. The van der Waals surface area contributed by atoms with Gasteiger partial charge in [-0.3, -0.25) is 0 Å². The van der Waals surface area contributed by atoms with E-state index in [2.05, 4.69) is 43.1 Å². The van der Waals surface area contributed by atoms with Crippen molar-refractivity contribution in [3.63, 3.8) is 0 Å². The second kappa shape index (κ2) is 3.04. The van der Waals surface area contributed by atoms with Crippen LogP contribution in [0, 0.1) is 0 Å². The zero-order valence-corrected chi connectivity index (χ0v) is 8.96. The fourth-order valence-electron chi connectivity index (χ4n) is 1.14. The Morgan fingerprint density at radius 3 is 2.67 bits per heavy atom. The third-order valence-corrected chi connectivity index (χ3v) is 4.61. The van der Waals surface area contributed by atoms with Gasteiger partial charge in [0.1, 0.15) is 0 Å². The van der Waals surface area contributed by atoms with Gasteiger partial charge in [-0.05, 0) is 0 Å². The van der Waals surface area contributed by atoms with Crippen LogP contribution in [0.25, 0.3) is 9.78 Å². The molecule has 1 nitrogen and oxygen atoms in total. The molecule has 2 rings (SSSR count). The molecule has 0 atom stereocenters. The fourth-order valence-corrected chi connectivity index (χ4v) is 3.17. The van der Waals surface area contributed by atoms with Crippen molar-refractivity contribution in [3.8, 4) is 0 Å². The molecule has 0 N–H and O–H groups in total. The normalized spacial score (nSPS) is 11.2. The Kier molecular flexibility index (Phi) is 2.03. The van der Waals surface area contributed by atoms with Gasteiger partial charge in [0.05, 0.1) is 0 Å². The number of nitrogens with zero attached hydrogens (tertiary/aromatic N) is 1. The van der Waals surface area contributed by atoms with Crippen molar-refractivity contribution in [1.29, 1.82) is 0 Å². The predicted molar refractivity (Wildman–Crippen MR) is 52.8 cm³/mol. The number of hydrogen-bond donors (Lipinski definition) is 0. The Morgan fingerprint density at radius 2 is 2.00 bits per heavy atom. The van der Waals surface area contributed by atoms with Crippen LogP contribution in [0.2, 0.25) is 0 Å². The molecule has 0 bridgehead atoms. The Balaban J connectivity index is 2.62. The monoisotopic (exact) mass is 225 g/mol. The van der Waals surface area contributed by atoms with Crippen LogP contribution in [-0.4, -0.2) is 19.5 Å². The van der Waals surface area contributed by atoms with Gasteiger partial charge in [-0.2, -0.15) is 0 Å². The van der Waals surface area contributed by atoms with Crippen molar-refractivity contribution in [3.05, 3.63) is 28.8 Å². The fraction of sp³-hybridized carbons (Fsp3) is 0.300. The van der Waals surface area contributed by atoms with E-state index in [-0.39, 0.29) is 0 Å². The first kappa shape index (κ1) is 8.03. The molecule has 62 valence electrons. The zero-order chi connectivity index (χ0) is 8.55. The molecule has 0 saturated carbocycles. The van der Waals surface area contributed by atoms with Crippen molar-refractivity contribution in [2.45, 2.75) is 19.8 Å². The minimum absolute atomic E-state index is 0.491. The first-order valence-corrected chi connectivity index (χ1v) is 5.84. The molecule has 1 heterocycles. The number of aromatic nitrogens is 1. The Labute approximate surface area is 78.2 Å². The molecule has 1 aromatic heterocycles. The summed E-state index contributed by atoms with van der Waals surface area (Å²) in [5.74, 6) is 0.609. The molecule has 0 aliphatic heterocycles. The first-order chi connectivity index (χ1) is 5.77. The van der Waals surface area contributed by atoms with Crippen LogP contribution >= 0.6 is 0 Å². The molecular formula is C10H11NSe. The number of benzene rings is 1. The van der Waals surface area contributed by atoms with Crippen LogP contribution in [0.4, 0.5) is 0 Å². The maximum atomic E-state index is 4.60. The summed E-state index contributed by atoms with van der Waals surface area (Å²) in [6.45, 7) is 4.43. The van der Waals surface area contributed by atoms with Crippen molar-refractivity contribution >= 4 is 24.3 Å². The van der Waals surface area contributed by atoms with E-state index in [1.165, 1.54) is 14.3 Å². The predicted octanol–water partition coefficient (Wildman–Crippen LogP) is 2.42. The third kappa shape index (κ3) is 1.33. The van der Waals surface area contributed by atoms with Gasteiger partial charge in [0, 0.05) is 0 Å². The summed E-state index contributed by atoms with van der Waals surface area (Å²) in [6.07, 6.45) is 0. The molecule has 0 aliphatic carbocycles. The van der Waals surface area contributed by atoms with Gasteiger partial charge < -0.3 is 0 Å². The molecule has 0 fully saturated rings. The van der Waals surface area contributed by atoms with E-state index in [0.717, 1.165) is 0 Å². The summed E-state index contributed by atoms with van der Waals surface area (Å²) >= 11 is 0.491. The molecule has 2 aromatic rings. The molecule has 0 saturated heterocycles. The Morgan fingerprint density at radius 1 is 1.25 bits per heavy atom. The summed E-state index contributed by atoms with van der Waals surface area (Å²) in [5.41, 5.74) is 1.20. The van der Waals surface area contributed by atoms with Crippen molar-refractivity contribution < 1.29 is 0 Å². The minimum atomic E-state index is 0.491. The number of para-hydroxylation sites is 1. The zero-order valence-electron chi connectivity index (χ0n) is 7.24. The van der Waals surface area contributed by atoms with Gasteiger partial charge >= 0.3 is 77.9 Å². The second-order valence-corrected chi connectivity index (χ2v) is 5.40. The van der Waals surface area contributed by atoms with Crippen molar-refractivity contribution in [2.24, 2.45) is 0 Å². The van der Waals surface area contributed by atoms with Crippen LogP contribution in [0.1, 0.15) is 24.3 Å². The number of fused-ring (bicyclic) bond motifs is 1. The number of rotatable bonds is 1.